The minimum Gasteiger partial charge on any atom is -0.392 e. The molecule has 2 aromatic rings. The molecule has 192 valence electrons. The number of H-pyrrole nitrogens is 1. The van der Waals surface area contributed by atoms with Gasteiger partial charge in [-0.3, -0.25) is 0 Å². The van der Waals surface area contributed by atoms with Gasteiger partial charge in [-0.2, -0.15) is 4.31 Å². The summed E-state index contributed by atoms with van der Waals surface area (Å²) in [6.45, 7) is 7.42. The Bertz CT molecular complexity index is 1030. The third-order valence-corrected chi connectivity index (χ3v) is 6.42. The maximum Gasteiger partial charge on any atom is 0.434 e. The minimum absolute atomic E-state index is 0.0423. The lowest BCUT2D eigenvalue weighted by molar-refractivity contribution is 0.0188. The van der Waals surface area contributed by atoms with Crippen LogP contribution < -0.4 is 5.76 Å². The molecule has 0 saturated heterocycles. The van der Waals surface area contributed by atoms with E-state index in [0.717, 1.165) is 37.3 Å². The molecule has 1 aliphatic rings. The van der Waals surface area contributed by atoms with Gasteiger partial charge < -0.3 is 9.15 Å². The highest BCUT2D eigenvalue weighted by molar-refractivity contribution is 7.88. The molecule has 1 atom stereocenters. The van der Waals surface area contributed by atoms with E-state index in [-0.39, 0.29) is 24.1 Å². The first-order chi connectivity index (χ1) is 16.0. The summed E-state index contributed by atoms with van der Waals surface area (Å²) in [6, 6.07) is 2.77. The topological polar surface area (TPSA) is 105 Å². The third kappa shape index (κ3) is 9.75. The Hall–Kier alpha value is -2.55. The second kappa shape index (κ2) is 15.4. The Morgan fingerprint density at radius 2 is 1.88 bits per heavy atom. The van der Waals surface area contributed by atoms with Crippen molar-refractivity contribution in [2.45, 2.75) is 71.6 Å². The zero-order valence-electron chi connectivity index (χ0n) is 20.5. The van der Waals surface area contributed by atoms with E-state index in [0.29, 0.717) is 18.4 Å². The lowest BCUT2D eigenvalue weighted by Gasteiger charge is -2.31. The van der Waals surface area contributed by atoms with E-state index in [9.17, 15) is 22.0 Å². The molecule has 1 aromatic carbocycles. The average molecular weight is 504 g/mol. The molecule has 1 fully saturated rings. The van der Waals surface area contributed by atoms with Crippen molar-refractivity contribution >= 4 is 10.0 Å². The Balaban J connectivity index is 0.000000587. The van der Waals surface area contributed by atoms with Gasteiger partial charge in [-0.05, 0) is 44.4 Å². The van der Waals surface area contributed by atoms with E-state index in [2.05, 4.69) is 23.0 Å². The lowest BCUT2D eigenvalue weighted by atomic mass is 9.82. The van der Waals surface area contributed by atoms with Crippen LogP contribution in [0.2, 0.25) is 0 Å². The molecule has 0 radical (unpaired) electrons. The number of ether oxygens (including phenoxy) is 1. The van der Waals surface area contributed by atoms with Gasteiger partial charge in [0.25, 0.3) is 0 Å². The molecule has 1 N–H and O–H groups in total. The number of nitrogens with zero attached hydrogens (tertiary/aromatic N) is 2. The highest BCUT2D eigenvalue weighted by Crippen LogP contribution is 2.36. The van der Waals surface area contributed by atoms with E-state index in [4.69, 9.17) is 9.15 Å². The molecule has 0 unspecified atom stereocenters. The number of aromatic nitrogens is 2. The first-order valence-electron chi connectivity index (χ1n) is 10.9. The number of halogens is 2. The summed E-state index contributed by atoms with van der Waals surface area (Å²) in [6.07, 6.45) is 11.8. The Kier molecular flexibility index (Phi) is 14.2. The van der Waals surface area contributed by atoms with Crippen LogP contribution in [0.15, 0.2) is 27.4 Å². The van der Waals surface area contributed by atoms with Gasteiger partial charge in [0.2, 0.25) is 15.9 Å². The normalized spacial score (nSPS) is 17.6. The van der Waals surface area contributed by atoms with Gasteiger partial charge in [0.05, 0.1) is 12.4 Å². The smallest absolute Gasteiger partial charge is 0.392 e. The van der Waals surface area contributed by atoms with Crippen LogP contribution in [0, 0.1) is 24.5 Å². The first kappa shape index (κ1) is 31.4. The van der Waals surface area contributed by atoms with E-state index in [1.165, 1.54) is 4.31 Å². The summed E-state index contributed by atoms with van der Waals surface area (Å²) in [5.74, 6) is -0.898. The van der Waals surface area contributed by atoms with Crippen LogP contribution in [0.3, 0.4) is 0 Å². The molecule has 1 saturated carbocycles. The van der Waals surface area contributed by atoms with Crippen molar-refractivity contribution in [2.24, 2.45) is 0 Å². The predicted octanol–water partition coefficient (Wildman–Crippen LogP) is 4.06. The van der Waals surface area contributed by atoms with Crippen molar-refractivity contribution in [3.8, 4) is 12.8 Å². The zero-order valence-corrected chi connectivity index (χ0v) is 21.4. The monoisotopic (exact) mass is 503 g/mol. The molecule has 0 aliphatic heterocycles. The summed E-state index contributed by atoms with van der Waals surface area (Å²) >= 11 is 0. The molecule has 8 nitrogen and oxygen atoms in total. The largest absolute Gasteiger partial charge is 0.434 e. The molecular formula is C23H35F2N3O5S. The van der Waals surface area contributed by atoms with E-state index in [1.807, 2.05) is 20.8 Å². The third-order valence-electron chi connectivity index (χ3n) is 5.07. The molecule has 1 aliphatic carbocycles. The fourth-order valence-electron chi connectivity index (χ4n) is 3.01. The van der Waals surface area contributed by atoms with Crippen LogP contribution in [0.4, 0.5) is 8.78 Å². The van der Waals surface area contributed by atoms with Crippen molar-refractivity contribution < 1.29 is 26.4 Å². The van der Waals surface area contributed by atoms with Crippen LogP contribution in [0.5, 0.6) is 0 Å². The number of terminal acetylenes is 1. The van der Waals surface area contributed by atoms with Gasteiger partial charge in [-0.1, -0.05) is 20.8 Å². The number of hydrogen-bond acceptors (Lipinski definition) is 6. The molecule has 0 amide bonds. The summed E-state index contributed by atoms with van der Waals surface area (Å²) in [5.41, 5.74) is 0.0423. The maximum atomic E-state index is 13.5. The average Bonchev–Trinajstić information content (AvgIpc) is 3.21. The van der Waals surface area contributed by atoms with E-state index < -0.39 is 27.4 Å². The fourth-order valence-corrected chi connectivity index (χ4v) is 4.19. The molecule has 0 bridgehead atoms. The van der Waals surface area contributed by atoms with Gasteiger partial charge in [0, 0.05) is 31.2 Å². The maximum absolute atomic E-state index is 13.5. The van der Waals surface area contributed by atoms with Crippen molar-refractivity contribution in [3.63, 3.8) is 0 Å². The Morgan fingerprint density at radius 3 is 2.32 bits per heavy atom. The lowest BCUT2D eigenvalue weighted by Crippen LogP contribution is -2.37. The van der Waals surface area contributed by atoms with Crippen molar-refractivity contribution in [3.05, 3.63) is 51.8 Å². The van der Waals surface area contributed by atoms with Crippen molar-refractivity contribution in [1.29, 1.82) is 0 Å². The minimum atomic E-state index is -3.46. The number of sulfonamides is 1. The number of aromatic amines is 1. The summed E-state index contributed by atoms with van der Waals surface area (Å²) < 4.78 is 60.9. The molecule has 0 spiro atoms. The summed E-state index contributed by atoms with van der Waals surface area (Å²) in [4.78, 5) is 10.6. The molecule has 34 heavy (non-hydrogen) atoms. The van der Waals surface area contributed by atoms with Crippen LogP contribution in [-0.2, 0) is 21.3 Å². The number of methoxy groups -OCH3 is 1. The first-order valence-corrected chi connectivity index (χ1v) is 12.7. The molecule has 11 heteroatoms. The quantitative estimate of drug-likeness (QED) is 0.572. The summed E-state index contributed by atoms with van der Waals surface area (Å²) in [5, 5.41) is 5.98. The second-order valence-electron chi connectivity index (χ2n) is 7.28. The Morgan fingerprint density at radius 1 is 1.29 bits per heavy atom. The van der Waals surface area contributed by atoms with Crippen LogP contribution in [-0.4, -0.2) is 48.4 Å². The Labute approximate surface area is 200 Å². The van der Waals surface area contributed by atoms with Gasteiger partial charge in [0.15, 0.2) is 0 Å². The van der Waals surface area contributed by atoms with Crippen molar-refractivity contribution in [1.82, 2.24) is 14.5 Å². The van der Waals surface area contributed by atoms with Crippen molar-refractivity contribution in [2.75, 3.05) is 13.4 Å². The SMILES string of the molecule is C#C.CC.CC[C@H](C)N(Cc1cc(F)ccc1F)S(C)(=O)=O.COC1CC(c2n[nH]c(=O)o2)C1. The fraction of sp³-hybridized carbons (Fsp3) is 0.565. The second-order valence-corrected chi connectivity index (χ2v) is 9.21. The number of hydrogen-bond donors (Lipinski definition) is 1. The highest BCUT2D eigenvalue weighted by Gasteiger charge is 2.33. The van der Waals surface area contributed by atoms with Crippen LogP contribution in [0.1, 0.15) is 64.3 Å². The van der Waals surface area contributed by atoms with E-state index >= 15 is 0 Å². The number of rotatable bonds is 7. The van der Waals surface area contributed by atoms with Gasteiger partial charge in [0.1, 0.15) is 11.6 Å². The number of nitrogens with one attached hydrogen (secondary N) is 1. The zero-order chi connectivity index (χ0) is 26.5. The van der Waals surface area contributed by atoms with E-state index in [1.54, 1.807) is 14.0 Å². The van der Waals surface area contributed by atoms with Crippen LogP contribution >= 0.6 is 0 Å². The predicted molar refractivity (Wildman–Crippen MR) is 128 cm³/mol. The molecular weight excluding hydrogens is 468 g/mol. The summed E-state index contributed by atoms with van der Waals surface area (Å²) in [7, 11) is -1.78. The van der Waals surface area contributed by atoms with Gasteiger partial charge in [-0.15, -0.1) is 17.9 Å². The molecule has 3 rings (SSSR count). The van der Waals surface area contributed by atoms with Crippen LogP contribution in [0.25, 0.3) is 0 Å². The highest BCUT2D eigenvalue weighted by atomic mass is 32.2. The standard InChI is InChI=1S/C12H17F2NO2S.C7H10N2O3.C2H6.C2H2/c1-4-9(2)15(18(3,16)17)8-10-7-11(13)5-6-12(10)14;1-11-5-2-4(3-5)6-8-9-7(10)12-6;2*1-2/h5-7,9H,4,8H2,1-3H3;4-5H,2-3H2,1H3,(H,9,10);1-2H3;1-2H/t9-;;;/m0.../s1. The van der Waals surface area contributed by atoms with Gasteiger partial charge in [-0.25, -0.2) is 27.1 Å². The molecule has 1 heterocycles. The number of benzene rings is 1. The van der Waals surface area contributed by atoms with Gasteiger partial charge >= 0.3 is 5.76 Å². The molecule has 1 aromatic heterocycles.